The van der Waals surface area contributed by atoms with Gasteiger partial charge in [0.15, 0.2) is 0 Å². The van der Waals surface area contributed by atoms with Gasteiger partial charge in [-0.15, -0.1) is 0 Å². The first-order chi connectivity index (χ1) is 7.20. The zero-order valence-electron chi connectivity index (χ0n) is 8.33. The number of hydrogen-bond acceptors (Lipinski definition) is 2. The number of rotatable bonds is 2. The lowest BCUT2D eigenvalue weighted by Gasteiger charge is -2.02. The molecule has 3 heteroatoms. The van der Waals surface area contributed by atoms with Crippen molar-refractivity contribution in [2.75, 3.05) is 0 Å². The Labute approximate surface area is 96.7 Å². The van der Waals surface area contributed by atoms with E-state index in [2.05, 4.69) is 15.9 Å². The monoisotopic (exact) mass is 266 g/mol. The largest absolute Gasteiger partial charge is 0.459 e. The van der Waals surface area contributed by atoms with Gasteiger partial charge in [-0.1, -0.05) is 15.9 Å². The molecule has 2 rings (SSSR count). The molecule has 0 amide bonds. The van der Waals surface area contributed by atoms with E-state index in [1.54, 1.807) is 6.07 Å². The van der Waals surface area contributed by atoms with E-state index in [4.69, 9.17) is 9.52 Å². The zero-order valence-corrected chi connectivity index (χ0v) is 9.91. The minimum Gasteiger partial charge on any atom is -0.459 e. The predicted octanol–water partition coefficient (Wildman–Crippen LogP) is 3.51. The molecule has 0 bridgehead atoms. The average Bonchev–Trinajstić information content (AvgIpc) is 2.66. The van der Waals surface area contributed by atoms with E-state index in [9.17, 15) is 0 Å². The maximum Gasteiger partial charge on any atom is 0.134 e. The zero-order chi connectivity index (χ0) is 10.8. The van der Waals surface area contributed by atoms with Crippen LogP contribution in [0.3, 0.4) is 0 Å². The van der Waals surface area contributed by atoms with Crippen LogP contribution in [-0.2, 0) is 6.61 Å². The topological polar surface area (TPSA) is 33.4 Å². The fraction of sp³-hybridized carbons (Fsp3) is 0.167. The van der Waals surface area contributed by atoms with Crippen LogP contribution in [0, 0.1) is 6.92 Å². The molecular formula is C12H11BrO2. The van der Waals surface area contributed by atoms with Crippen molar-refractivity contribution in [3.05, 3.63) is 46.1 Å². The molecule has 0 radical (unpaired) electrons. The lowest BCUT2D eigenvalue weighted by atomic mass is 10.1. The van der Waals surface area contributed by atoms with Crippen molar-refractivity contribution in [2.24, 2.45) is 0 Å². The number of aliphatic hydroxyl groups is 1. The molecule has 1 aromatic heterocycles. The summed E-state index contributed by atoms with van der Waals surface area (Å²) in [5.41, 5.74) is 2.20. The Balaban J connectivity index is 2.44. The smallest absolute Gasteiger partial charge is 0.134 e. The molecule has 0 aliphatic carbocycles. The van der Waals surface area contributed by atoms with Crippen LogP contribution in [0.5, 0.6) is 0 Å². The number of aryl methyl sites for hydroxylation is 1. The average molecular weight is 267 g/mol. The summed E-state index contributed by atoms with van der Waals surface area (Å²) in [6.07, 6.45) is 0. The summed E-state index contributed by atoms with van der Waals surface area (Å²) in [5.74, 6) is 1.39. The van der Waals surface area contributed by atoms with E-state index < -0.39 is 0 Å². The van der Waals surface area contributed by atoms with Gasteiger partial charge in [-0.05, 0) is 42.8 Å². The van der Waals surface area contributed by atoms with Crippen molar-refractivity contribution in [1.82, 2.24) is 0 Å². The third-order valence-corrected chi connectivity index (χ3v) is 2.76. The van der Waals surface area contributed by atoms with E-state index in [0.717, 1.165) is 21.4 Å². The second-order valence-electron chi connectivity index (χ2n) is 3.38. The van der Waals surface area contributed by atoms with Gasteiger partial charge in [0.25, 0.3) is 0 Å². The van der Waals surface area contributed by atoms with E-state index in [1.165, 1.54) is 0 Å². The summed E-state index contributed by atoms with van der Waals surface area (Å²) in [6, 6.07) is 9.68. The Morgan fingerprint density at radius 3 is 2.67 bits per heavy atom. The summed E-state index contributed by atoms with van der Waals surface area (Å²) in [4.78, 5) is 0. The van der Waals surface area contributed by atoms with Crippen LogP contribution < -0.4 is 0 Å². The molecule has 0 aliphatic heterocycles. The molecule has 0 spiro atoms. The Morgan fingerprint density at radius 1 is 1.27 bits per heavy atom. The van der Waals surface area contributed by atoms with Crippen molar-refractivity contribution in [1.29, 1.82) is 0 Å². The van der Waals surface area contributed by atoms with Crippen molar-refractivity contribution >= 4 is 15.9 Å². The first-order valence-corrected chi connectivity index (χ1v) is 5.46. The highest BCUT2D eigenvalue weighted by Crippen LogP contribution is 2.27. The molecule has 0 unspecified atom stereocenters. The lowest BCUT2D eigenvalue weighted by Crippen LogP contribution is -1.81. The molecule has 15 heavy (non-hydrogen) atoms. The summed E-state index contributed by atoms with van der Waals surface area (Å²) in [6.45, 7) is 1.97. The van der Waals surface area contributed by atoms with Crippen LogP contribution in [0.25, 0.3) is 11.3 Å². The molecule has 2 nitrogen and oxygen atoms in total. The van der Waals surface area contributed by atoms with Crippen LogP contribution in [0.15, 0.2) is 39.2 Å². The second kappa shape index (κ2) is 4.21. The molecule has 0 aliphatic rings. The van der Waals surface area contributed by atoms with Gasteiger partial charge >= 0.3 is 0 Å². The molecule has 0 saturated carbocycles. The van der Waals surface area contributed by atoms with Crippen molar-refractivity contribution in [3.63, 3.8) is 0 Å². The second-order valence-corrected chi connectivity index (χ2v) is 4.30. The molecule has 1 aromatic carbocycles. The van der Waals surface area contributed by atoms with E-state index in [-0.39, 0.29) is 6.61 Å². The highest BCUT2D eigenvalue weighted by atomic mass is 79.9. The van der Waals surface area contributed by atoms with Crippen LogP contribution in [-0.4, -0.2) is 5.11 Å². The van der Waals surface area contributed by atoms with Crippen LogP contribution in [0.1, 0.15) is 11.3 Å². The number of furan rings is 1. The highest BCUT2D eigenvalue weighted by Gasteiger charge is 2.06. The van der Waals surface area contributed by atoms with Crippen LogP contribution >= 0.6 is 15.9 Å². The Bertz CT molecular complexity index is 474. The lowest BCUT2D eigenvalue weighted by molar-refractivity contribution is 0.248. The SMILES string of the molecule is Cc1cc(Br)ccc1-c1ccc(CO)o1. The van der Waals surface area contributed by atoms with Crippen molar-refractivity contribution in [2.45, 2.75) is 13.5 Å². The minimum atomic E-state index is -0.0599. The van der Waals surface area contributed by atoms with Crippen molar-refractivity contribution < 1.29 is 9.52 Å². The minimum absolute atomic E-state index is 0.0599. The maximum atomic E-state index is 8.91. The van der Waals surface area contributed by atoms with Gasteiger partial charge < -0.3 is 9.52 Å². The highest BCUT2D eigenvalue weighted by molar-refractivity contribution is 9.10. The molecule has 1 N–H and O–H groups in total. The molecule has 0 fully saturated rings. The Kier molecular flexibility index (Phi) is 2.93. The number of hydrogen-bond donors (Lipinski definition) is 1. The van der Waals surface area contributed by atoms with Gasteiger partial charge in [0.1, 0.15) is 18.1 Å². The number of aliphatic hydroxyl groups excluding tert-OH is 1. The van der Waals surface area contributed by atoms with Gasteiger partial charge in [-0.2, -0.15) is 0 Å². The summed E-state index contributed by atoms with van der Waals surface area (Å²) < 4.78 is 6.53. The van der Waals surface area contributed by atoms with Gasteiger partial charge in [-0.25, -0.2) is 0 Å². The molecular weight excluding hydrogens is 256 g/mol. The quantitative estimate of drug-likeness (QED) is 0.903. The molecule has 0 atom stereocenters. The standard InChI is InChI=1S/C12H11BrO2/c1-8-6-9(13)2-4-11(8)12-5-3-10(7-14)15-12/h2-6,14H,7H2,1H3. The molecule has 0 saturated heterocycles. The fourth-order valence-electron chi connectivity index (χ4n) is 1.51. The maximum absolute atomic E-state index is 8.91. The molecule has 1 heterocycles. The van der Waals surface area contributed by atoms with Gasteiger partial charge in [-0.3, -0.25) is 0 Å². The van der Waals surface area contributed by atoms with Gasteiger partial charge in [0.2, 0.25) is 0 Å². The van der Waals surface area contributed by atoms with Gasteiger partial charge in [0, 0.05) is 10.0 Å². The van der Waals surface area contributed by atoms with E-state index in [0.29, 0.717) is 5.76 Å². The predicted molar refractivity (Wildman–Crippen MR) is 62.5 cm³/mol. The van der Waals surface area contributed by atoms with E-state index >= 15 is 0 Å². The molecule has 78 valence electrons. The number of halogens is 1. The van der Waals surface area contributed by atoms with Gasteiger partial charge in [0.05, 0.1) is 0 Å². The third kappa shape index (κ3) is 2.13. The third-order valence-electron chi connectivity index (χ3n) is 2.27. The number of benzene rings is 1. The summed E-state index contributed by atoms with van der Waals surface area (Å²) >= 11 is 3.42. The summed E-state index contributed by atoms with van der Waals surface area (Å²) in [7, 11) is 0. The molecule has 2 aromatic rings. The summed E-state index contributed by atoms with van der Waals surface area (Å²) in [5, 5.41) is 8.91. The van der Waals surface area contributed by atoms with Crippen molar-refractivity contribution in [3.8, 4) is 11.3 Å². The van der Waals surface area contributed by atoms with Crippen LogP contribution in [0.2, 0.25) is 0 Å². The van der Waals surface area contributed by atoms with Crippen LogP contribution in [0.4, 0.5) is 0 Å². The normalized spacial score (nSPS) is 10.6. The first kappa shape index (κ1) is 10.5. The van der Waals surface area contributed by atoms with E-state index in [1.807, 2.05) is 31.2 Å². The Morgan fingerprint density at radius 2 is 2.07 bits per heavy atom. The fourth-order valence-corrected chi connectivity index (χ4v) is 1.99. The Hall–Kier alpha value is -1.06. The first-order valence-electron chi connectivity index (χ1n) is 4.67.